The first kappa shape index (κ1) is 21.1. The second-order valence-electron chi connectivity index (χ2n) is 3.23. The van der Waals surface area contributed by atoms with Crippen molar-refractivity contribution in [1.29, 1.82) is 0 Å². The van der Waals surface area contributed by atoms with Gasteiger partial charge < -0.3 is 0 Å². The van der Waals surface area contributed by atoms with Crippen molar-refractivity contribution in [2.75, 3.05) is 0 Å². The van der Waals surface area contributed by atoms with E-state index in [-0.39, 0.29) is 0 Å². The molecule has 0 bridgehead atoms. The molecule has 0 rings (SSSR count). The molecular formula is C6HClF12S2. The number of alkyl halides is 13. The van der Waals surface area contributed by atoms with Crippen molar-refractivity contribution in [3.05, 3.63) is 0 Å². The molecule has 0 aromatic carbocycles. The van der Waals surface area contributed by atoms with Gasteiger partial charge in [0.2, 0.25) is 5.25 Å². The normalized spacial score (nSPS) is 15.7. The highest BCUT2D eigenvalue weighted by atomic mass is 35.5. The molecule has 0 unspecified atom stereocenters. The Morgan fingerprint density at radius 3 is 1.10 bits per heavy atom. The first-order valence-electron chi connectivity index (χ1n) is 4.14. The Kier molecular flexibility index (Phi) is 6.02. The maximum Gasteiger partial charge on any atom is 0.426 e. The van der Waals surface area contributed by atoms with Crippen LogP contribution in [0.5, 0.6) is 0 Å². The van der Waals surface area contributed by atoms with Gasteiger partial charge in [-0.25, -0.2) is 0 Å². The molecule has 0 amide bonds. The minimum Gasteiger partial charge on any atom is -0.169 e. The van der Waals surface area contributed by atoms with Gasteiger partial charge in [-0.1, -0.05) is 33.2 Å². The molecule has 0 aliphatic rings. The van der Waals surface area contributed by atoms with Gasteiger partial charge in [-0.05, 0) is 0 Å². The lowest BCUT2D eigenvalue weighted by molar-refractivity contribution is -0.239. The second kappa shape index (κ2) is 5.98. The Bertz CT molecular complexity index is 323. The number of halogens is 13. The lowest BCUT2D eigenvalue weighted by atomic mass is 10.4. The van der Waals surface area contributed by atoms with Gasteiger partial charge in [-0.2, -0.15) is 52.7 Å². The average molecular weight is 401 g/mol. The van der Waals surface area contributed by atoms with Crippen molar-refractivity contribution in [1.82, 2.24) is 0 Å². The minimum atomic E-state index is -6.33. The van der Waals surface area contributed by atoms with Crippen molar-refractivity contribution >= 4 is 33.2 Å². The van der Waals surface area contributed by atoms with E-state index in [1.54, 1.807) is 0 Å². The maximum absolute atomic E-state index is 12.2. The van der Waals surface area contributed by atoms with Crippen molar-refractivity contribution in [3.63, 3.8) is 0 Å². The monoisotopic (exact) mass is 400 g/mol. The Morgan fingerprint density at radius 2 is 0.905 bits per heavy atom. The van der Waals surface area contributed by atoms with Gasteiger partial charge in [0.25, 0.3) is 4.21 Å². The van der Waals surface area contributed by atoms with Crippen LogP contribution in [0, 0.1) is 0 Å². The highest BCUT2D eigenvalue weighted by Crippen LogP contribution is 2.61. The van der Waals surface area contributed by atoms with Crippen molar-refractivity contribution in [3.8, 4) is 0 Å². The summed E-state index contributed by atoms with van der Waals surface area (Å²) < 4.78 is 140. The maximum atomic E-state index is 12.2. The molecule has 0 heterocycles. The van der Waals surface area contributed by atoms with Gasteiger partial charge >= 0.3 is 24.7 Å². The zero-order chi connectivity index (χ0) is 17.5. The summed E-state index contributed by atoms with van der Waals surface area (Å²) in [5.74, 6) is 0. The van der Waals surface area contributed by atoms with Gasteiger partial charge in [-0.3, -0.25) is 0 Å². The summed E-state index contributed by atoms with van der Waals surface area (Å²) in [5, 5.41) is -4.46. The summed E-state index contributed by atoms with van der Waals surface area (Å²) in [6.45, 7) is 0. The first-order chi connectivity index (χ1) is 8.84. The zero-order valence-electron chi connectivity index (χ0n) is 8.81. The Labute approximate surface area is 120 Å². The molecule has 0 saturated heterocycles. The minimum absolute atomic E-state index is 1.71. The van der Waals surface area contributed by atoms with Gasteiger partial charge in [0.15, 0.2) is 0 Å². The molecule has 0 aromatic heterocycles. The van der Waals surface area contributed by atoms with Crippen LogP contribution in [0.2, 0.25) is 0 Å². The van der Waals surface area contributed by atoms with Gasteiger partial charge in [0.1, 0.15) is 0 Å². The summed E-state index contributed by atoms with van der Waals surface area (Å²) in [6.07, 6.45) is -24.9. The zero-order valence-corrected chi connectivity index (χ0v) is 11.2. The molecule has 0 aliphatic heterocycles. The average Bonchev–Trinajstić information content (AvgIpc) is 2.08. The van der Waals surface area contributed by atoms with Crippen LogP contribution in [-0.2, 0) is 0 Å². The quantitative estimate of drug-likeness (QED) is 0.328. The molecule has 21 heavy (non-hydrogen) atoms. The van der Waals surface area contributed by atoms with Crippen LogP contribution in [0.3, 0.4) is 0 Å². The standard InChI is InChI=1S/C6HClF12S2/c7-4(5(14,15)16,6(17,18)19)21-20-1(2(8,9)10)3(11,12)13/h1H. The van der Waals surface area contributed by atoms with Crippen LogP contribution >= 0.6 is 33.2 Å². The lowest BCUT2D eigenvalue weighted by Gasteiger charge is -2.32. The fourth-order valence-electron chi connectivity index (χ4n) is 0.664. The van der Waals surface area contributed by atoms with Crippen molar-refractivity contribution < 1.29 is 52.7 Å². The Balaban J connectivity index is 5.42. The number of rotatable bonds is 3. The Hall–Kier alpha value is 0.150. The molecular weight excluding hydrogens is 400 g/mol. The third-order valence-electron chi connectivity index (χ3n) is 1.58. The van der Waals surface area contributed by atoms with E-state index < -0.39 is 55.7 Å². The lowest BCUT2D eigenvalue weighted by Crippen LogP contribution is -2.49. The van der Waals surface area contributed by atoms with Crippen molar-refractivity contribution in [2.45, 2.75) is 34.2 Å². The van der Waals surface area contributed by atoms with Crippen molar-refractivity contribution in [2.24, 2.45) is 0 Å². The fraction of sp³-hybridized carbons (Fsp3) is 1.00. The summed E-state index contributed by atoms with van der Waals surface area (Å²) >= 11 is 4.19. The molecule has 0 N–H and O–H groups in total. The van der Waals surface area contributed by atoms with Gasteiger partial charge in [-0.15, -0.1) is 0 Å². The largest absolute Gasteiger partial charge is 0.426 e. The molecule has 15 heteroatoms. The molecule has 0 nitrogen and oxygen atoms in total. The molecule has 0 saturated carbocycles. The van der Waals surface area contributed by atoms with E-state index in [2.05, 4.69) is 11.6 Å². The molecule has 0 radical (unpaired) electrons. The number of hydrogen-bond donors (Lipinski definition) is 0. The van der Waals surface area contributed by atoms with Gasteiger partial charge in [0.05, 0.1) is 0 Å². The smallest absolute Gasteiger partial charge is 0.169 e. The molecule has 0 atom stereocenters. The summed E-state index contributed by atoms with van der Waals surface area (Å²) in [7, 11) is -3.52. The van der Waals surface area contributed by atoms with E-state index in [0.29, 0.717) is 0 Å². The SMILES string of the molecule is FC(F)(F)C(SSC(Cl)(C(F)(F)F)C(F)(F)F)C(F)(F)F. The van der Waals surface area contributed by atoms with E-state index in [9.17, 15) is 52.7 Å². The van der Waals surface area contributed by atoms with E-state index in [4.69, 9.17) is 0 Å². The van der Waals surface area contributed by atoms with Crippen LogP contribution in [-0.4, -0.2) is 34.2 Å². The van der Waals surface area contributed by atoms with Gasteiger partial charge in [0, 0.05) is 0 Å². The van der Waals surface area contributed by atoms with E-state index in [1.165, 1.54) is 0 Å². The molecule has 0 spiro atoms. The van der Waals surface area contributed by atoms with E-state index >= 15 is 0 Å². The first-order valence-corrected chi connectivity index (χ1v) is 6.73. The van der Waals surface area contributed by atoms with E-state index in [1.807, 2.05) is 0 Å². The molecule has 0 aliphatic carbocycles. The highest BCUT2D eigenvalue weighted by Gasteiger charge is 2.72. The highest BCUT2D eigenvalue weighted by molar-refractivity contribution is 8.77. The predicted molar refractivity (Wildman–Crippen MR) is 51.8 cm³/mol. The fourth-order valence-corrected chi connectivity index (χ4v) is 3.54. The van der Waals surface area contributed by atoms with Crippen LogP contribution in [0.25, 0.3) is 0 Å². The molecule has 128 valence electrons. The molecule has 0 fully saturated rings. The van der Waals surface area contributed by atoms with Crippen LogP contribution in [0.4, 0.5) is 52.7 Å². The van der Waals surface area contributed by atoms with Crippen LogP contribution in [0.1, 0.15) is 0 Å². The van der Waals surface area contributed by atoms with E-state index in [0.717, 1.165) is 0 Å². The second-order valence-corrected chi connectivity index (χ2v) is 6.54. The summed E-state index contributed by atoms with van der Waals surface area (Å²) in [5.41, 5.74) is 0. The van der Waals surface area contributed by atoms with Crippen LogP contribution < -0.4 is 0 Å². The predicted octanol–water partition coefficient (Wildman–Crippen LogP) is 5.92. The third kappa shape index (κ3) is 5.08. The van der Waals surface area contributed by atoms with Crippen LogP contribution in [0.15, 0.2) is 0 Å². The number of hydrogen-bond acceptors (Lipinski definition) is 2. The summed E-state index contributed by atoms with van der Waals surface area (Å²) in [6, 6.07) is 0. The topological polar surface area (TPSA) is 0 Å². The molecule has 0 aromatic rings. The summed E-state index contributed by atoms with van der Waals surface area (Å²) in [4.78, 5) is 0. The Morgan fingerprint density at radius 1 is 0.619 bits per heavy atom. The third-order valence-corrected chi connectivity index (χ3v) is 5.65.